The van der Waals surface area contributed by atoms with Crippen molar-refractivity contribution in [1.29, 1.82) is 0 Å². The highest BCUT2D eigenvalue weighted by Crippen LogP contribution is 2.36. The van der Waals surface area contributed by atoms with E-state index in [1.807, 2.05) is 32.1 Å². The first kappa shape index (κ1) is 7.68. The van der Waals surface area contributed by atoms with Crippen LogP contribution in [-0.2, 0) is 0 Å². The number of rotatable bonds is 0. The Morgan fingerprint density at radius 2 is 2.17 bits per heavy atom. The number of para-hydroxylation sites is 1. The third kappa shape index (κ3) is 1.10. The van der Waals surface area contributed by atoms with Crippen LogP contribution in [-0.4, -0.2) is 19.6 Å². The second kappa shape index (κ2) is 2.83. The molecule has 0 spiro atoms. The van der Waals surface area contributed by atoms with Gasteiger partial charge >= 0.3 is 0 Å². The second-order valence-corrected chi connectivity index (χ2v) is 3.27. The molecule has 62 valence electrons. The van der Waals surface area contributed by atoms with Crippen LogP contribution < -0.4 is 4.74 Å². The minimum atomic E-state index is -0.366. The molecule has 1 aromatic carbocycles. The summed E-state index contributed by atoms with van der Waals surface area (Å²) in [5, 5.41) is 9.75. The molecule has 1 aliphatic rings. The van der Waals surface area contributed by atoms with E-state index in [2.05, 4.69) is 0 Å². The molecule has 0 saturated heterocycles. The Morgan fingerprint density at radius 3 is 3.00 bits per heavy atom. The van der Waals surface area contributed by atoms with Crippen LogP contribution in [0.25, 0.3) is 0 Å². The van der Waals surface area contributed by atoms with Crippen molar-refractivity contribution in [2.75, 3.05) is 6.61 Å². The molecule has 0 aromatic heterocycles. The molecule has 1 aliphatic heterocycles. The molecule has 2 rings (SSSR count). The fraction of sp³-hybridized carbons (Fsp3) is 0.333. The Morgan fingerprint density at radius 1 is 1.42 bits per heavy atom. The van der Waals surface area contributed by atoms with Crippen LogP contribution in [0.2, 0.25) is 5.82 Å². The minimum absolute atomic E-state index is 0.194. The van der Waals surface area contributed by atoms with Crippen molar-refractivity contribution in [3.8, 4) is 5.75 Å². The van der Waals surface area contributed by atoms with Gasteiger partial charge in [-0.1, -0.05) is 18.2 Å². The van der Waals surface area contributed by atoms with E-state index < -0.39 is 0 Å². The summed E-state index contributed by atoms with van der Waals surface area (Å²) in [5.74, 6) is 1.02. The monoisotopic (exact) mass is 162 g/mol. The molecule has 0 saturated carbocycles. The molecular weight excluding hydrogens is 151 g/mol. The van der Waals surface area contributed by atoms with Crippen LogP contribution in [0.5, 0.6) is 5.75 Å². The van der Waals surface area contributed by atoms with Crippen molar-refractivity contribution in [2.24, 2.45) is 0 Å². The third-order valence-corrected chi connectivity index (χ3v) is 2.28. The van der Waals surface area contributed by atoms with Gasteiger partial charge in [-0.25, -0.2) is 0 Å². The van der Waals surface area contributed by atoms with E-state index in [-0.39, 0.29) is 11.9 Å². The number of benzene rings is 1. The number of hydrogen-bond acceptors (Lipinski definition) is 2. The molecule has 0 radical (unpaired) electrons. The summed E-state index contributed by atoms with van der Waals surface area (Å²) in [6, 6.07) is 7.64. The Labute approximate surface area is 72.6 Å². The van der Waals surface area contributed by atoms with Crippen molar-refractivity contribution >= 4 is 7.85 Å². The van der Waals surface area contributed by atoms with Crippen LogP contribution in [0.1, 0.15) is 11.7 Å². The summed E-state index contributed by atoms with van der Waals surface area (Å²) in [4.78, 5) is 0. The van der Waals surface area contributed by atoms with E-state index in [0.29, 0.717) is 6.61 Å². The lowest BCUT2D eigenvalue weighted by Gasteiger charge is -2.27. The quantitative estimate of drug-likeness (QED) is 0.564. The van der Waals surface area contributed by atoms with Gasteiger partial charge in [0.2, 0.25) is 0 Å². The highest BCUT2D eigenvalue weighted by molar-refractivity contribution is 6.12. The van der Waals surface area contributed by atoms with Gasteiger partial charge < -0.3 is 9.84 Å². The molecule has 0 aliphatic carbocycles. The van der Waals surface area contributed by atoms with Crippen molar-refractivity contribution in [3.05, 3.63) is 29.8 Å². The normalized spacial score (nSPS) is 27.4. The number of aliphatic hydroxyl groups is 1. The maximum Gasteiger partial charge on any atom is 0.125 e. The van der Waals surface area contributed by atoms with Crippen molar-refractivity contribution in [3.63, 3.8) is 0 Å². The molecule has 0 bridgehead atoms. The molecule has 1 heterocycles. The summed E-state index contributed by atoms with van der Waals surface area (Å²) in [5.41, 5.74) is 0.913. The maximum atomic E-state index is 9.75. The molecular formula is C9H11BO2. The van der Waals surface area contributed by atoms with E-state index in [1.165, 1.54) is 0 Å². The Bertz CT molecular complexity index is 288. The molecule has 2 nitrogen and oxygen atoms in total. The minimum Gasteiger partial charge on any atom is -0.494 e. The van der Waals surface area contributed by atoms with E-state index in [0.717, 1.165) is 11.3 Å². The molecule has 1 aromatic rings. The Kier molecular flexibility index (Phi) is 1.81. The fourth-order valence-electron chi connectivity index (χ4n) is 1.48. The Hall–Kier alpha value is -0.955. The first-order chi connectivity index (χ1) is 5.79. The lowest BCUT2D eigenvalue weighted by Crippen LogP contribution is -2.21. The summed E-state index contributed by atoms with van der Waals surface area (Å²) >= 11 is 0. The zero-order valence-electron chi connectivity index (χ0n) is 7.03. The first-order valence-electron chi connectivity index (χ1n) is 4.19. The zero-order valence-corrected chi connectivity index (χ0v) is 7.03. The predicted octanol–water partition coefficient (Wildman–Crippen LogP) is 0.534. The van der Waals surface area contributed by atoms with Gasteiger partial charge in [0.05, 0.1) is 12.7 Å². The first-order valence-corrected chi connectivity index (χ1v) is 4.19. The SMILES string of the molecule is BC1COc2ccccc2[C@H]1O. The highest BCUT2D eigenvalue weighted by atomic mass is 16.5. The molecule has 2 atom stereocenters. The number of ether oxygens (including phenoxy) is 1. The molecule has 0 amide bonds. The molecule has 0 fully saturated rings. The molecule has 1 unspecified atom stereocenters. The largest absolute Gasteiger partial charge is 0.494 e. The smallest absolute Gasteiger partial charge is 0.125 e. The lowest BCUT2D eigenvalue weighted by molar-refractivity contribution is 0.116. The fourth-order valence-corrected chi connectivity index (χ4v) is 1.48. The molecule has 12 heavy (non-hydrogen) atoms. The van der Waals surface area contributed by atoms with Crippen LogP contribution in [0.4, 0.5) is 0 Å². The van der Waals surface area contributed by atoms with Gasteiger partial charge in [0.25, 0.3) is 0 Å². The summed E-state index contributed by atoms with van der Waals surface area (Å²) < 4.78 is 5.45. The van der Waals surface area contributed by atoms with E-state index >= 15 is 0 Å². The standard InChI is InChI=1S/C9H11BO2/c10-7-5-12-8-4-2-1-3-6(8)9(7)11/h1-4,7,9,11H,5,10H2/t7?,9-/m1/s1. The average molecular weight is 162 g/mol. The maximum absolute atomic E-state index is 9.75. The van der Waals surface area contributed by atoms with Gasteiger partial charge in [0.15, 0.2) is 0 Å². The lowest BCUT2D eigenvalue weighted by atomic mass is 9.79. The Balaban J connectivity index is 2.42. The highest BCUT2D eigenvalue weighted by Gasteiger charge is 2.24. The molecule has 1 N–H and O–H groups in total. The van der Waals surface area contributed by atoms with Crippen LogP contribution in [0.3, 0.4) is 0 Å². The number of hydrogen-bond donors (Lipinski definition) is 1. The summed E-state index contributed by atoms with van der Waals surface area (Å²) in [6.07, 6.45) is -0.366. The van der Waals surface area contributed by atoms with Gasteiger partial charge in [-0.3, -0.25) is 0 Å². The predicted molar refractivity (Wildman–Crippen MR) is 49.2 cm³/mol. The van der Waals surface area contributed by atoms with Crippen LogP contribution in [0.15, 0.2) is 24.3 Å². The van der Waals surface area contributed by atoms with E-state index in [1.54, 1.807) is 0 Å². The van der Waals surface area contributed by atoms with Crippen molar-refractivity contribution in [2.45, 2.75) is 11.9 Å². The average Bonchev–Trinajstić information content (AvgIpc) is 2.12. The molecule has 3 heteroatoms. The zero-order chi connectivity index (χ0) is 8.55. The van der Waals surface area contributed by atoms with E-state index in [4.69, 9.17) is 4.74 Å². The van der Waals surface area contributed by atoms with Crippen LogP contribution >= 0.6 is 0 Å². The third-order valence-electron chi connectivity index (χ3n) is 2.28. The number of fused-ring (bicyclic) bond motifs is 1. The van der Waals surface area contributed by atoms with Gasteiger partial charge in [-0.2, -0.15) is 0 Å². The topological polar surface area (TPSA) is 29.5 Å². The number of aliphatic hydroxyl groups excluding tert-OH is 1. The van der Waals surface area contributed by atoms with Gasteiger partial charge in [-0.15, -0.1) is 0 Å². The summed E-state index contributed by atoms with van der Waals surface area (Å²) in [7, 11) is 1.99. The van der Waals surface area contributed by atoms with Crippen LogP contribution in [0, 0.1) is 0 Å². The van der Waals surface area contributed by atoms with E-state index in [9.17, 15) is 5.11 Å². The van der Waals surface area contributed by atoms with Crippen molar-refractivity contribution in [1.82, 2.24) is 0 Å². The van der Waals surface area contributed by atoms with Gasteiger partial charge in [-0.05, 0) is 11.9 Å². The van der Waals surface area contributed by atoms with Gasteiger partial charge in [0.1, 0.15) is 13.6 Å². The second-order valence-electron chi connectivity index (χ2n) is 3.27. The van der Waals surface area contributed by atoms with Crippen molar-refractivity contribution < 1.29 is 9.84 Å². The summed E-state index contributed by atoms with van der Waals surface area (Å²) in [6.45, 7) is 0.609. The van der Waals surface area contributed by atoms with Gasteiger partial charge in [0, 0.05) is 5.56 Å².